The van der Waals surface area contributed by atoms with Gasteiger partial charge in [0.2, 0.25) is 0 Å². The van der Waals surface area contributed by atoms with Crippen molar-refractivity contribution in [3.05, 3.63) is 47.6 Å². The van der Waals surface area contributed by atoms with Crippen molar-refractivity contribution in [2.24, 2.45) is 11.8 Å². The first-order valence-electron chi connectivity index (χ1n) is 8.63. The Kier molecular flexibility index (Phi) is 4.76. The van der Waals surface area contributed by atoms with Gasteiger partial charge in [0.1, 0.15) is 17.6 Å². The summed E-state index contributed by atoms with van der Waals surface area (Å²) in [6, 6.07) is 5.36. The molecule has 2 N–H and O–H groups in total. The minimum atomic E-state index is -0.362. The first-order valence-corrected chi connectivity index (χ1v) is 8.63. The lowest BCUT2D eigenvalue weighted by molar-refractivity contribution is 0.109. The summed E-state index contributed by atoms with van der Waals surface area (Å²) in [5, 5.41) is 19.6. The standard InChI is InChI=1S/C20H26O3/c1-3-13(2)18-12-15-11-17(22)9-10-19(15)23-20(18)14-5-4-6-16(21)8-7-14/h5,7-11,13,16,18,20-22H,3-4,6,12H2,1-2H3/t13?,16?,18?,20-/m0/s1. The minimum Gasteiger partial charge on any atom is -0.508 e. The second kappa shape index (κ2) is 6.79. The van der Waals surface area contributed by atoms with E-state index in [1.54, 1.807) is 6.07 Å². The van der Waals surface area contributed by atoms with E-state index in [1.807, 2.05) is 24.3 Å². The van der Waals surface area contributed by atoms with E-state index in [0.717, 1.165) is 37.0 Å². The topological polar surface area (TPSA) is 49.7 Å². The number of aromatic hydroxyl groups is 1. The van der Waals surface area contributed by atoms with Crippen LogP contribution in [-0.4, -0.2) is 22.4 Å². The van der Waals surface area contributed by atoms with Gasteiger partial charge in [-0.1, -0.05) is 38.5 Å². The molecule has 23 heavy (non-hydrogen) atoms. The average molecular weight is 314 g/mol. The van der Waals surface area contributed by atoms with Crippen molar-refractivity contribution >= 4 is 0 Å². The smallest absolute Gasteiger partial charge is 0.127 e. The van der Waals surface area contributed by atoms with Crippen LogP contribution in [0.1, 0.15) is 38.7 Å². The number of benzene rings is 1. The van der Waals surface area contributed by atoms with Crippen LogP contribution in [0.2, 0.25) is 0 Å². The molecule has 0 bridgehead atoms. The second-order valence-electron chi connectivity index (χ2n) is 6.79. The Hall–Kier alpha value is -1.74. The summed E-state index contributed by atoms with van der Waals surface area (Å²) in [6.07, 6.45) is 9.42. The van der Waals surface area contributed by atoms with Crippen molar-refractivity contribution in [3.8, 4) is 11.5 Å². The zero-order valence-corrected chi connectivity index (χ0v) is 13.9. The molecule has 3 nitrogen and oxygen atoms in total. The third-order valence-corrected chi connectivity index (χ3v) is 5.20. The molecule has 0 saturated carbocycles. The lowest BCUT2D eigenvalue weighted by Crippen LogP contribution is -2.38. The van der Waals surface area contributed by atoms with Crippen LogP contribution in [0, 0.1) is 11.8 Å². The molecule has 0 saturated heterocycles. The van der Waals surface area contributed by atoms with Crippen LogP contribution in [0.4, 0.5) is 0 Å². The van der Waals surface area contributed by atoms with E-state index < -0.39 is 0 Å². The molecule has 3 heteroatoms. The predicted octanol–water partition coefficient (Wildman–Crippen LogP) is 4.00. The van der Waals surface area contributed by atoms with Crippen molar-refractivity contribution in [1.29, 1.82) is 0 Å². The van der Waals surface area contributed by atoms with Gasteiger partial charge in [0, 0.05) is 5.92 Å². The van der Waals surface area contributed by atoms with Crippen LogP contribution in [0.15, 0.2) is 42.0 Å². The molecule has 1 aliphatic carbocycles. The molecule has 3 rings (SSSR count). The van der Waals surface area contributed by atoms with Gasteiger partial charge >= 0.3 is 0 Å². The van der Waals surface area contributed by atoms with Crippen LogP contribution in [-0.2, 0) is 6.42 Å². The fraction of sp³-hybridized carbons (Fsp3) is 0.500. The molecule has 124 valence electrons. The maximum atomic E-state index is 9.83. The monoisotopic (exact) mass is 314 g/mol. The van der Waals surface area contributed by atoms with Gasteiger partial charge in [-0.15, -0.1) is 0 Å². The highest BCUT2D eigenvalue weighted by Crippen LogP contribution is 2.40. The molecule has 4 atom stereocenters. The first-order chi connectivity index (χ1) is 11.1. The van der Waals surface area contributed by atoms with Gasteiger partial charge in [0.05, 0.1) is 6.10 Å². The van der Waals surface area contributed by atoms with E-state index in [4.69, 9.17) is 4.74 Å². The molecule has 2 aliphatic rings. The van der Waals surface area contributed by atoms with Gasteiger partial charge in [-0.05, 0) is 54.5 Å². The second-order valence-corrected chi connectivity index (χ2v) is 6.79. The van der Waals surface area contributed by atoms with E-state index in [2.05, 4.69) is 19.9 Å². The molecule has 1 heterocycles. The van der Waals surface area contributed by atoms with Gasteiger partial charge in [-0.25, -0.2) is 0 Å². The molecule has 0 amide bonds. The molecule has 1 aromatic rings. The van der Waals surface area contributed by atoms with E-state index in [1.165, 1.54) is 5.57 Å². The van der Waals surface area contributed by atoms with Crippen molar-refractivity contribution in [2.75, 3.05) is 0 Å². The number of fused-ring (bicyclic) bond motifs is 1. The molecule has 1 aromatic carbocycles. The number of hydrogen-bond acceptors (Lipinski definition) is 3. The van der Waals surface area contributed by atoms with Crippen molar-refractivity contribution < 1.29 is 14.9 Å². The van der Waals surface area contributed by atoms with E-state index in [-0.39, 0.29) is 12.2 Å². The number of phenols is 1. The van der Waals surface area contributed by atoms with Crippen LogP contribution in [0.25, 0.3) is 0 Å². The van der Waals surface area contributed by atoms with Crippen molar-refractivity contribution in [3.63, 3.8) is 0 Å². The summed E-state index contributed by atoms with van der Waals surface area (Å²) >= 11 is 0. The maximum absolute atomic E-state index is 9.83. The summed E-state index contributed by atoms with van der Waals surface area (Å²) in [7, 11) is 0. The van der Waals surface area contributed by atoms with E-state index in [0.29, 0.717) is 17.6 Å². The van der Waals surface area contributed by atoms with Gasteiger partial charge in [0.15, 0.2) is 0 Å². The summed E-state index contributed by atoms with van der Waals surface area (Å²) in [6.45, 7) is 4.48. The number of aliphatic hydroxyl groups is 1. The van der Waals surface area contributed by atoms with E-state index in [9.17, 15) is 10.2 Å². The highest BCUT2D eigenvalue weighted by Gasteiger charge is 2.35. The summed E-state index contributed by atoms with van der Waals surface area (Å²) in [4.78, 5) is 0. The third kappa shape index (κ3) is 3.45. The predicted molar refractivity (Wildman–Crippen MR) is 91.6 cm³/mol. The molecule has 0 fully saturated rings. The number of rotatable bonds is 3. The zero-order valence-electron chi connectivity index (χ0n) is 13.9. The molecule has 1 aliphatic heterocycles. The number of hydrogen-bond donors (Lipinski definition) is 2. The number of allylic oxidation sites excluding steroid dienone is 1. The highest BCUT2D eigenvalue weighted by molar-refractivity contribution is 5.43. The van der Waals surface area contributed by atoms with Gasteiger partial charge in [-0.3, -0.25) is 0 Å². The van der Waals surface area contributed by atoms with Crippen LogP contribution >= 0.6 is 0 Å². The van der Waals surface area contributed by atoms with E-state index >= 15 is 0 Å². The van der Waals surface area contributed by atoms with Crippen LogP contribution in [0.5, 0.6) is 11.5 Å². The lowest BCUT2D eigenvalue weighted by Gasteiger charge is -2.37. The van der Waals surface area contributed by atoms with Gasteiger partial charge < -0.3 is 14.9 Å². The SMILES string of the molecule is CCC(C)C1Cc2cc(O)ccc2O[C@H]1C1=CCCC(O)C=C1. The Morgan fingerprint density at radius 2 is 2.17 bits per heavy atom. The Labute approximate surface area is 138 Å². The van der Waals surface area contributed by atoms with Crippen LogP contribution < -0.4 is 4.74 Å². The molecular formula is C20H26O3. The summed E-state index contributed by atoms with van der Waals surface area (Å²) < 4.78 is 6.34. The molecular weight excluding hydrogens is 288 g/mol. The van der Waals surface area contributed by atoms with Crippen molar-refractivity contribution in [2.45, 2.75) is 51.7 Å². The molecule has 0 aromatic heterocycles. The Bertz CT molecular complexity index is 617. The number of ether oxygens (including phenoxy) is 1. The number of phenolic OH excluding ortho intramolecular Hbond substituents is 1. The fourth-order valence-corrected chi connectivity index (χ4v) is 3.56. The lowest BCUT2D eigenvalue weighted by atomic mass is 9.77. The zero-order chi connectivity index (χ0) is 16.4. The summed E-state index contributed by atoms with van der Waals surface area (Å²) in [5.74, 6) is 2.07. The molecule has 0 spiro atoms. The summed E-state index contributed by atoms with van der Waals surface area (Å²) in [5.41, 5.74) is 2.26. The van der Waals surface area contributed by atoms with Gasteiger partial charge in [-0.2, -0.15) is 0 Å². The quantitative estimate of drug-likeness (QED) is 0.887. The van der Waals surface area contributed by atoms with Gasteiger partial charge in [0.25, 0.3) is 0 Å². The fourth-order valence-electron chi connectivity index (χ4n) is 3.56. The molecule has 3 unspecified atom stereocenters. The first kappa shape index (κ1) is 16.1. The Morgan fingerprint density at radius 3 is 2.96 bits per heavy atom. The largest absolute Gasteiger partial charge is 0.508 e. The normalized spacial score (nSPS) is 28.3. The Balaban J connectivity index is 1.94. The highest BCUT2D eigenvalue weighted by atomic mass is 16.5. The number of aliphatic hydroxyl groups excluding tert-OH is 1. The molecule has 0 radical (unpaired) electrons. The average Bonchev–Trinajstić information content (AvgIpc) is 2.77. The minimum absolute atomic E-state index is 0.0172. The Morgan fingerprint density at radius 1 is 1.35 bits per heavy atom. The van der Waals surface area contributed by atoms with Crippen molar-refractivity contribution in [1.82, 2.24) is 0 Å². The third-order valence-electron chi connectivity index (χ3n) is 5.20. The maximum Gasteiger partial charge on any atom is 0.127 e. The van der Waals surface area contributed by atoms with Crippen LogP contribution in [0.3, 0.4) is 0 Å².